The zero-order valence-electron chi connectivity index (χ0n) is 13.9. The molecule has 1 unspecified atom stereocenters. The van der Waals surface area contributed by atoms with E-state index in [1.807, 2.05) is 36.4 Å². The highest BCUT2D eigenvalue weighted by atomic mass is 32.3. The third kappa shape index (κ3) is 3.91. The lowest BCUT2D eigenvalue weighted by Gasteiger charge is -2.29. The molecule has 0 radical (unpaired) electrons. The standard InChI is InChI=1S/C19H24O3S2/c1-2-3-7-13-22-17-12-8-11-16-18(14-24(20,21)19(16)17)23-15-9-5-4-6-10-15/h4-6,8-12,18,20-21H,2-3,7,13-14H2,1H3. The quantitative estimate of drug-likeness (QED) is 0.573. The summed E-state index contributed by atoms with van der Waals surface area (Å²) in [5, 5.41) is 0.0478. The van der Waals surface area contributed by atoms with Gasteiger partial charge in [0.15, 0.2) is 0 Å². The molecule has 2 aromatic rings. The molecule has 1 atom stereocenters. The Morgan fingerprint density at radius 2 is 1.88 bits per heavy atom. The highest BCUT2D eigenvalue weighted by molar-refractivity contribution is 8.25. The fraction of sp³-hybridized carbons (Fsp3) is 0.368. The van der Waals surface area contributed by atoms with Crippen LogP contribution >= 0.6 is 22.4 Å². The first-order chi connectivity index (χ1) is 11.6. The molecule has 2 aromatic carbocycles. The van der Waals surface area contributed by atoms with Crippen molar-refractivity contribution in [2.75, 3.05) is 12.4 Å². The number of hydrogen-bond donors (Lipinski definition) is 2. The molecule has 3 nitrogen and oxygen atoms in total. The topological polar surface area (TPSA) is 49.7 Å². The molecule has 0 aliphatic carbocycles. The van der Waals surface area contributed by atoms with E-state index in [0.717, 1.165) is 29.7 Å². The van der Waals surface area contributed by atoms with Crippen LogP contribution in [0.15, 0.2) is 58.3 Å². The highest BCUT2D eigenvalue weighted by Gasteiger charge is 2.38. The van der Waals surface area contributed by atoms with Gasteiger partial charge in [0.05, 0.1) is 17.6 Å². The lowest BCUT2D eigenvalue weighted by atomic mass is 10.1. The van der Waals surface area contributed by atoms with E-state index in [-0.39, 0.29) is 5.25 Å². The normalized spacial score (nSPS) is 19.7. The monoisotopic (exact) mass is 364 g/mol. The predicted molar refractivity (Wildman–Crippen MR) is 102 cm³/mol. The van der Waals surface area contributed by atoms with Gasteiger partial charge in [0.1, 0.15) is 10.6 Å². The van der Waals surface area contributed by atoms with E-state index < -0.39 is 10.6 Å². The highest BCUT2D eigenvalue weighted by Crippen LogP contribution is 2.65. The Morgan fingerprint density at radius 1 is 1.08 bits per heavy atom. The number of hydrogen-bond acceptors (Lipinski definition) is 4. The van der Waals surface area contributed by atoms with Crippen LogP contribution in [0.5, 0.6) is 5.75 Å². The van der Waals surface area contributed by atoms with Crippen molar-refractivity contribution in [3.05, 3.63) is 54.1 Å². The van der Waals surface area contributed by atoms with E-state index in [9.17, 15) is 9.11 Å². The minimum atomic E-state index is -2.79. The first kappa shape index (κ1) is 17.7. The van der Waals surface area contributed by atoms with Gasteiger partial charge < -0.3 is 4.74 Å². The van der Waals surface area contributed by atoms with Crippen molar-refractivity contribution in [2.45, 2.75) is 41.2 Å². The fourth-order valence-corrected chi connectivity index (χ4v) is 6.62. The summed E-state index contributed by atoms with van der Waals surface area (Å²) in [4.78, 5) is 1.76. The zero-order chi connectivity index (χ0) is 17.0. The lowest BCUT2D eigenvalue weighted by molar-refractivity contribution is 0.297. The zero-order valence-corrected chi connectivity index (χ0v) is 15.5. The minimum Gasteiger partial charge on any atom is -0.492 e. The summed E-state index contributed by atoms with van der Waals surface area (Å²) in [5.41, 5.74) is 0.997. The summed E-state index contributed by atoms with van der Waals surface area (Å²) in [6.45, 7) is 2.78. The van der Waals surface area contributed by atoms with Gasteiger partial charge in [-0.1, -0.05) is 50.1 Å². The second kappa shape index (κ2) is 7.83. The molecule has 0 saturated heterocycles. The number of fused-ring (bicyclic) bond motifs is 1. The maximum absolute atomic E-state index is 10.6. The van der Waals surface area contributed by atoms with E-state index >= 15 is 0 Å². The molecule has 0 spiro atoms. The fourth-order valence-electron chi connectivity index (χ4n) is 2.93. The molecule has 5 heteroatoms. The van der Waals surface area contributed by atoms with Crippen molar-refractivity contribution in [1.29, 1.82) is 0 Å². The third-order valence-corrected chi connectivity index (χ3v) is 7.44. The Kier molecular flexibility index (Phi) is 5.76. The van der Waals surface area contributed by atoms with Crippen LogP contribution in [0.2, 0.25) is 0 Å². The van der Waals surface area contributed by atoms with Crippen molar-refractivity contribution >= 4 is 22.4 Å². The van der Waals surface area contributed by atoms with Gasteiger partial charge in [-0.3, -0.25) is 9.11 Å². The molecule has 1 aliphatic heterocycles. The molecule has 24 heavy (non-hydrogen) atoms. The molecule has 0 saturated carbocycles. The molecule has 1 heterocycles. The first-order valence-electron chi connectivity index (χ1n) is 8.35. The van der Waals surface area contributed by atoms with Gasteiger partial charge in [-0.15, -0.1) is 11.8 Å². The van der Waals surface area contributed by atoms with E-state index in [2.05, 4.69) is 19.1 Å². The van der Waals surface area contributed by atoms with Gasteiger partial charge in [-0.2, -0.15) is 10.6 Å². The van der Waals surface area contributed by atoms with Crippen LogP contribution in [0.1, 0.15) is 37.0 Å². The van der Waals surface area contributed by atoms with Gasteiger partial charge in [-0.05, 0) is 30.2 Å². The minimum absolute atomic E-state index is 0.0478. The second-order valence-corrected chi connectivity index (χ2v) is 9.33. The number of benzene rings is 2. The van der Waals surface area contributed by atoms with Crippen LogP contribution in [0.25, 0.3) is 0 Å². The van der Waals surface area contributed by atoms with Gasteiger partial charge in [0, 0.05) is 4.90 Å². The number of thioether (sulfide) groups is 1. The van der Waals surface area contributed by atoms with E-state index in [4.69, 9.17) is 4.74 Å². The van der Waals surface area contributed by atoms with E-state index in [1.54, 1.807) is 11.8 Å². The maximum atomic E-state index is 10.6. The van der Waals surface area contributed by atoms with Gasteiger partial charge >= 0.3 is 0 Å². The molecule has 3 rings (SSSR count). The molecular weight excluding hydrogens is 340 g/mol. The van der Waals surface area contributed by atoms with Crippen LogP contribution in [-0.4, -0.2) is 21.5 Å². The van der Waals surface area contributed by atoms with Crippen molar-refractivity contribution in [2.24, 2.45) is 0 Å². The Bertz CT molecular complexity index is 674. The van der Waals surface area contributed by atoms with Crippen molar-refractivity contribution in [3.63, 3.8) is 0 Å². The summed E-state index contributed by atoms with van der Waals surface area (Å²) in [6, 6.07) is 15.9. The number of ether oxygens (including phenoxy) is 1. The second-order valence-electron chi connectivity index (χ2n) is 5.98. The van der Waals surface area contributed by atoms with Crippen LogP contribution in [-0.2, 0) is 0 Å². The Balaban J connectivity index is 1.82. The van der Waals surface area contributed by atoms with E-state index in [0.29, 0.717) is 23.0 Å². The van der Waals surface area contributed by atoms with Crippen LogP contribution in [0.4, 0.5) is 0 Å². The van der Waals surface area contributed by atoms with Crippen molar-refractivity contribution in [3.8, 4) is 5.75 Å². The van der Waals surface area contributed by atoms with Crippen molar-refractivity contribution in [1.82, 2.24) is 0 Å². The van der Waals surface area contributed by atoms with Gasteiger partial charge in [0.2, 0.25) is 0 Å². The molecule has 1 aliphatic rings. The van der Waals surface area contributed by atoms with Gasteiger partial charge in [-0.25, -0.2) is 0 Å². The molecule has 0 bridgehead atoms. The lowest BCUT2D eigenvalue weighted by Crippen LogP contribution is -2.03. The molecular formula is C19H24O3S2. The summed E-state index contributed by atoms with van der Waals surface area (Å²) in [7, 11) is -2.79. The van der Waals surface area contributed by atoms with Crippen molar-refractivity contribution < 1.29 is 13.8 Å². The average molecular weight is 365 g/mol. The summed E-state index contributed by atoms with van der Waals surface area (Å²) >= 11 is 1.68. The molecule has 0 aromatic heterocycles. The van der Waals surface area contributed by atoms with Crippen LogP contribution < -0.4 is 4.74 Å². The molecule has 0 amide bonds. The number of unbranched alkanes of at least 4 members (excludes halogenated alkanes) is 2. The van der Waals surface area contributed by atoms with Gasteiger partial charge in [0.25, 0.3) is 0 Å². The summed E-state index contributed by atoms with van der Waals surface area (Å²) in [6.07, 6.45) is 3.25. The smallest absolute Gasteiger partial charge is 0.142 e. The molecule has 130 valence electrons. The number of rotatable bonds is 7. The van der Waals surface area contributed by atoms with E-state index in [1.165, 1.54) is 0 Å². The summed E-state index contributed by atoms with van der Waals surface area (Å²) in [5.74, 6) is 0.997. The molecule has 0 fully saturated rings. The predicted octanol–water partition coefficient (Wildman–Crippen LogP) is 6.21. The molecule has 2 N–H and O–H groups in total. The third-order valence-electron chi connectivity index (χ3n) is 4.09. The Hall–Kier alpha value is -1.14. The largest absolute Gasteiger partial charge is 0.492 e. The summed E-state index contributed by atoms with van der Waals surface area (Å²) < 4.78 is 27.1. The SMILES string of the molecule is CCCCCOc1cccc2c1S(O)(O)CC2Sc1ccccc1. The average Bonchev–Trinajstić information content (AvgIpc) is 2.84. The maximum Gasteiger partial charge on any atom is 0.142 e. The van der Waals surface area contributed by atoms with Crippen LogP contribution in [0.3, 0.4) is 0 Å². The Labute approximate surface area is 149 Å². The first-order valence-corrected chi connectivity index (χ1v) is 10.9. The Morgan fingerprint density at radius 3 is 2.62 bits per heavy atom. The van der Waals surface area contributed by atoms with Crippen LogP contribution in [0, 0.1) is 0 Å².